The third kappa shape index (κ3) is 2.98. The van der Waals surface area contributed by atoms with Gasteiger partial charge >= 0.3 is 0 Å². The van der Waals surface area contributed by atoms with Crippen LogP contribution in [0.5, 0.6) is 0 Å². The van der Waals surface area contributed by atoms with E-state index in [1.54, 1.807) is 6.20 Å². The summed E-state index contributed by atoms with van der Waals surface area (Å²) in [6.07, 6.45) is 3.96. The van der Waals surface area contributed by atoms with Crippen molar-refractivity contribution >= 4 is 5.65 Å². The SMILES string of the molecule is Cc1cc(-c2ccnc(-c3ccccc3)n2)nc2cc(C3CCCO3)nn12. The highest BCUT2D eigenvalue weighted by Gasteiger charge is 2.21. The fourth-order valence-electron chi connectivity index (χ4n) is 3.47. The highest BCUT2D eigenvalue weighted by atomic mass is 16.5. The number of hydrogen-bond acceptors (Lipinski definition) is 5. The van der Waals surface area contributed by atoms with Crippen LogP contribution < -0.4 is 0 Å². The van der Waals surface area contributed by atoms with Crippen LogP contribution in [0.2, 0.25) is 0 Å². The molecule has 4 aromatic rings. The maximum absolute atomic E-state index is 5.76. The van der Waals surface area contributed by atoms with Gasteiger partial charge in [0.25, 0.3) is 0 Å². The van der Waals surface area contributed by atoms with Crippen LogP contribution in [0.4, 0.5) is 0 Å². The summed E-state index contributed by atoms with van der Waals surface area (Å²) in [6.45, 7) is 2.84. The molecule has 0 radical (unpaired) electrons. The molecule has 1 aromatic carbocycles. The van der Waals surface area contributed by atoms with E-state index in [1.165, 1.54) is 0 Å². The van der Waals surface area contributed by atoms with E-state index in [-0.39, 0.29) is 6.10 Å². The summed E-state index contributed by atoms with van der Waals surface area (Å²) in [7, 11) is 0. The van der Waals surface area contributed by atoms with E-state index >= 15 is 0 Å². The lowest BCUT2D eigenvalue weighted by Crippen LogP contribution is -2.01. The van der Waals surface area contributed by atoms with Crippen molar-refractivity contribution in [1.82, 2.24) is 24.6 Å². The first kappa shape index (κ1) is 16.1. The molecular formula is C21H19N5O. The predicted octanol–water partition coefficient (Wildman–Crippen LogP) is 4.01. The summed E-state index contributed by atoms with van der Waals surface area (Å²) >= 11 is 0. The zero-order chi connectivity index (χ0) is 18.2. The molecule has 3 aromatic heterocycles. The summed E-state index contributed by atoms with van der Waals surface area (Å²) in [5.41, 5.74) is 5.39. The van der Waals surface area contributed by atoms with Crippen LogP contribution in [0, 0.1) is 6.92 Å². The van der Waals surface area contributed by atoms with Crippen molar-refractivity contribution in [3.8, 4) is 22.8 Å². The van der Waals surface area contributed by atoms with E-state index in [0.29, 0.717) is 5.82 Å². The topological polar surface area (TPSA) is 65.2 Å². The highest BCUT2D eigenvalue weighted by Crippen LogP contribution is 2.29. The summed E-state index contributed by atoms with van der Waals surface area (Å²) in [5, 5.41) is 4.69. The molecule has 1 aliphatic heterocycles. The fourth-order valence-corrected chi connectivity index (χ4v) is 3.47. The van der Waals surface area contributed by atoms with Crippen molar-refractivity contribution in [2.45, 2.75) is 25.9 Å². The number of aryl methyl sites for hydroxylation is 1. The lowest BCUT2D eigenvalue weighted by molar-refractivity contribution is 0.108. The Hall–Kier alpha value is -3.12. The molecule has 134 valence electrons. The van der Waals surface area contributed by atoms with E-state index in [4.69, 9.17) is 19.8 Å². The van der Waals surface area contributed by atoms with Crippen molar-refractivity contribution in [1.29, 1.82) is 0 Å². The van der Waals surface area contributed by atoms with Gasteiger partial charge < -0.3 is 4.74 Å². The number of fused-ring (bicyclic) bond motifs is 1. The number of aromatic nitrogens is 5. The molecule has 1 atom stereocenters. The van der Waals surface area contributed by atoms with Crippen molar-refractivity contribution in [2.24, 2.45) is 0 Å². The Morgan fingerprint density at radius 2 is 1.93 bits per heavy atom. The van der Waals surface area contributed by atoms with Gasteiger partial charge in [0.1, 0.15) is 6.10 Å². The predicted molar refractivity (Wildman–Crippen MR) is 102 cm³/mol. The second-order valence-corrected chi connectivity index (χ2v) is 6.76. The molecule has 0 aliphatic carbocycles. The third-order valence-electron chi connectivity index (χ3n) is 4.83. The fraction of sp³-hybridized carbons (Fsp3) is 0.238. The molecule has 5 rings (SSSR count). The Kier molecular flexibility index (Phi) is 3.90. The van der Waals surface area contributed by atoms with Crippen molar-refractivity contribution in [3.05, 3.63) is 66.1 Å². The number of ether oxygens (including phenoxy) is 1. The van der Waals surface area contributed by atoms with Gasteiger partial charge in [-0.05, 0) is 31.9 Å². The Morgan fingerprint density at radius 1 is 1.04 bits per heavy atom. The standard InChI is InChI=1S/C21H19N5O/c1-14-12-17(16-9-10-22-21(24-16)15-6-3-2-4-7-15)23-20-13-18(25-26(14)20)19-8-5-11-27-19/h2-4,6-7,9-10,12-13,19H,5,8,11H2,1H3. The molecule has 0 spiro atoms. The van der Waals surface area contributed by atoms with E-state index < -0.39 is 0 Å². The average Bonchev–Trinajstić information content (AvgIpc) is 3.38. The lowest BCUT2D eigenvalue weighted by Gasteiger charge is -2.06. The lowest BCUT2D eigenvalue weighted by atomic mass is 10.2. The van der Waals surface area contributed by atoms with Gasteiger partial charge in [0.05, 0.1) is 17.1 Å². The first-order valence-corrected chi connectivity index (χ1v) is 9.16. The van der Waals surface area contributed by atoms with Gasteiger partial charge in [0.2, 0.25) is 0 Å². The summed E-state index contributed by atoms with van der Waals surface area (Å²) in [5.74, 6) is 0.695. The maximum Gasteiger partial charge on any atom is 0.159 e. The molecule has 0 N–H and O–H groups in total. The number of hydrogen-bond donors (Lipinski definition) is 0. The number of benzene rings is 1. The molecule has 0 bridgehead atoms. The molecule has 27 heavy (non-hydrogen) atoms. The van der Waals surface area contributed by atoms with Crippen molar-refractivity contribution in [2.75, 3.05) is 6.61 Å². The van der Waals surface area contributed by atoms with Gasteiger partial charge in [0.15, 0.2) is 11.5 Å². The van der Waals surface area contributed by atoms with Crippen LogP contribution in [0.3, 0.4) is 0 Å². The molecule has 1 unspecified atom stereocenters. The molecule has 6 heteroatoms. The van der Waals surface area contributed by atoms with Crippen LogP contribution >= 0.6 is 0 Å². The molecule has 1 saturated heterocycles. The zero-order valence-electron chi connectivity index (χ0n) is 15.0. The van der Waals surface area contributed by atoms with Crippen LogP contribution in [-0.4, -0.2) is 31.2 Å². The van der Waals surface area contributed by atoms with E-state index in [1.807, 2.05) is 60.0 Å². The summed E-state index contributed by atoms with van der Waals surface area (Å²) in [6, 6.07) is 15.9. The molecular weight excluding hydrogens is 338 g/mol. The second kappa shape index (κ2) is 6.55. The van der Waals surface area contributed by atoms with E-state index in [0.717, 1.165) is 53.4 Å². The van der Waals surface area contributed by atoms with Crippen LogP contribution in [0.25, 0.3) is 28.4 Å². The normalized spacial score (nSPS) is 16.9. The Morgan fingerprint density at radius 3 is 2.74 bits per heavy atom. The van der Waals surface area contributed by atoms with E-state index in [2.05, 4.69) is 4.98 Å². The number of nitrogens with zero attached hydrogens (tertiary/aromatic N) is 5. The summed E-state index contributed by atoms with van der Waals surface area (Å²) in [4.78, 5) is 13.9. The van der Waals surface area contributed by atoms with Gasteiger partial charge in [-0.15, -0.1) is 0 Å². The third-order valence-corrected chi connectivity index (χ3v) is 4.83. The minimum absolute atomic E-state index is 0.0817. The first-order chi connectivity index (χ1) is 13.3. The first-order valence-electron chi connectivity index (χ1n) is 9.16. The van der Waals surface area contributed by atoms with Crippen LogP contribution in [0.15, 0.2) is 54.7 Å². The average molecular weight is 357 g/mol. The molecule has 4 heterocycles. The minimum Gasteiger partial charge on any atom is -0.372 e. The van der Waals surface area contributed by atoms with Crippen LogP contribution in [-0.2, 0) is 4.74 Å². The molecule has 0 saturated carbocycles. The number of rotatable bonds is 3. The molecule has 1 fully saturated rings. The quantitative estimate of drug-likeness (QED) is 0.554. The summed E-state index contributed by atoms with van der Waals surface area (Å²) < 4.78 is 7.64. The minimum atomic E-state index is 0.0817. The van der Waals surface area contributed by atoms with Crippen molar-refractivity contribution in [3.63, 3.8) is 0 Å². The Labute approximate surface area is 156 Å². The molecule has 6 nitrogen and oxygen atoms in total. The van der Waals surface area contributed by atoms with Gasteiger partial charge in [-0.2, -0.15) is 5.10 Å². The molecule has 0 amide bonds. The Bertz CT molecular complexity index is 1100. The van der Waals surface area contributed by atoms with Gasteiger partial charge in [-0.25, -0.2) is 19.5 Å². The highest BCUT2D eigenvalue weighted by molar-refractivity contribution is 5.63. The second-order valence-electron chi connectivity index (χ2n) is 6.76. The van der Waals surface area contributed by atoms with Crippen molar-refractivity contribution < 1.29 is 4.74 Å². The Balaban J connectivity index is 1.57. The smallest absolute Gasteiger partial charge is 0.159 e. The monoisotopic (exact) mass is 357 g/mol. The van der Waals surface area contributed by atoms with Gasteiger partial charge in [-0.3, -0.25) is 0 Å². The molecule has 1 aliphatic rings. The maximum atomic E-state index is 5.76. The van der Waals surface area contributed by atoms with Crippen LogP contribution in [0.1, 0.15) is 30.3 Å². The largest absolute Gasteiger partial charge is 0.372 e. The van der Waals surface area contributed by atoms with Gasteiger partial charge in [-0.1, -0.05) is 30.3 Å². The zero-order valence-corrected chi connectivity index (χ0v) is 15.0. The van der Waals surface area contributed by atoms with Gasteiger partial charge in [0, 0.05) is 30.1 Å². The van der Waals surface area contributed by atoms with E-state index in [9.17, 15) is 0 Å².